The van der Waals surface area contributed by atoms with Gasteiger partial charge in [-0.2, -0.15) is 22.4 Å². The first-order valence-electron chi connectivity index (χ1n) is 0.218. The van der Waals surface area contributed by atoms with Crippen molar-refractivity contribution in [2.75, 3.05) is 0 Å². The van der Waals surface area contributed by atoms with Crippen LogP contribution in [-0.4, -0.2) is 5.70 Å². The minimum Gasteiger partial charge on any atom is -0.169 e. The average Bonchev–Trinajstić information content (AvgIpc) is 1.00. The molecule has 0 rings (SSSR count). The zero-order valence-electron chi connectivity index (χ0n) is 2.96. The van der Waals surface area contributed by atoms with Crippen molar-refractivity contribution < 1.29 is 124 Å². The number of hydrogen-bond acceptors (Lipinski definition) is 0. The fraction of sp³-hybridized carbons (Fsp3) is 0. The molecule has 0 fully saturated rings. The normalized spacial score (nSPS) is 0.833. The fourth-order valence-corrected chi connectivity index (χ4v) is 0. The molecule has 0 aromatic carbocycles. The minimum absolute atomic E-state index is 0. The molecule has 0 nitrogen and oxygen atoms in total. The third-order valence-corrected chi connectivity index (χ3v) is 0. The zero-order chi connectivity index (χ0) is 2.00. The standard InChI is InChI=1S/BI.4U/c1-2;;;;. The Morgan fingerprint density at radius 1 is 0.667 bits per heavy atom. The summed E-state index contributed by atoms with van der Waals surface area (Å²) in [7, 11) is 0. The van der Waals surface area contributed by atoms with Crippen LogP contribution >= 0.6 is 22.4 Å². The second-order valence-corrected chi connectivity index (χ2v) is 0. The summed E-state index contributed by atoms with van der Waals surface area (Å²) in [5.41, 5.74) is 4.47. The summed E-state index contributed by atoms with van der Waals surface area (Å²) in [5.74, 6) is 0. The van der Waals surface area contributed by atoms with E-state index >= 15 is 0 Å². The van der Waals surface area contributed by atoms with Gasteiger partial charge >= 0.3 is 0 Å². The van der Waals surface area contributed by atoms with E-state index in [0.717, 1.165) is 0 Å². The van der Waals surface area contributed by atoms with E-state index in [1.54, 1.807) is 22.4 Å². The molecular weight excluding hydrogens is 1090 g/mol. The Morgan fingerprint density at radius 3 is 0.667 bits per heavy atom. The molecule has 6 heteroatoms. The molecule has 6 heavy (non-hydrogen) atoms. The van der Waals surface area contributed by atoms with Gasteiger partial charge in [0.05, 0.1) is 0 Å². The summed E-state index contributed by atoms with van der Waals surface area (Å²) in [6, 6.07) is 0. The minimum atomic E-state index is 0. The maximum atomic E-state index is 4.47. The molecule has 0 aliphatic heterocycles. The van der Waals surface area contributed by atoms with E-state index in [0.29, 0.717) is 0 Å². The topological polar surface area (TPSA) is 0 Å². The van der Waals surface area contributed by atoms with Crippen LogP contribution in [0.15, 0.2) is 0 Å². The van der Waals surface area contributed by atoms with Gasteiger partial charge in [0.1, 0.15) is 0 Å². The van der Waals surface area contributed by atoms with Crippen molar-refractivity contribution >= 4 is 28.1 Å². The fourth-order valence-electron chi connectivity index (χ4n) is 0. The third-order valence-electron chi connectivity index (χ3n) is 0. The van der Waals surface area contributed by atoms with Crippen LogP contribution in [0.4, 0.5) is 0 Å². The summed E-state index contributed by atoms with van der Waals surface area (Å²) >= 11 is 1.65. The summed E-state index contributed by atoms with van der Waals surface area (Å²) < 4.78 is 0. The summed E-state index contributed by atoms with van der Waals surface area (Å²) in [5, 5.41) is 0. The molecule has 0 aliphatic rings. The Balaban J connectivity index is -0.000000000833. The van der Waals surface area contributed by atoms with E-state index in [1.165, 1.54) is 0 Å². The molecule has 2 radical (unpaired) electrons. The Hall–Kier alpha value is 5.00. The van der Waals surface area contributed by atoms with Gasteiger partial charge in [-0.15, -0.1) is 0 Å². The molecule has 0 unspecified atom stereocenters. The molecule has 0 aromatic rings. The van der Waals surface area contributed by atoms with Crippen LogP contribution in [0.3, 0.4) is 0 Å². The summed E-state index contributed by atoms with van der Waals surface area (Å²) in [4.78, 5) is 0. The summed E-state index contributed by atoms with van der Waals surface area (Å²) in [6.07, 6.45) is 0. The predicted molar refractivity (Wildman–Crippen MR) is 19.8 cm³/mol. The van der Waals surface area contributed by atoms with Crippen molar-refractivity contribution in [1.82, 2.24) is 0 Å². The van der Waals surface area contributed by atoms with Crippen LogP contribution in [0, 0.1) is 124 Å². The number of halogens is 1. The van der Waals surface area contributed by atoms with Gasteiger partial charge in [0.15, 0.2) is 5.70 Å². The van der Waals surface area contributed by atoms with Crippen molar-refractivity contribution in [3.8, 4) is 0 Å². The van der Waals surface area contributed by atoms with Gasteiger partial charge in [0.2, 0.25) is 0 Å². The van der Waals surface area contributed by atoms with Gasteiger partial charge in [-0.1, -0.05) is 0 Å². The SMILES string of the molecule is [B]I.[U].[U].[U].[U]. The van der Waals surface area contributed by atoms with Crippen LogP contribution in [0.2, 0.25) is 0 Å². The van der Waals surface area contributed by atoms with Crippen molar-refractivity contribution in [1.29, 1.82) is 0 Å². The number of rotatable bonds is 0. The van der Waals surface area contributed by atoms with Crippen LogP contribution in [0.1, 0.15) is 0 Å². The maximum absolute atomic E-state index is 4.47. The Kier molecular flexibility index (Phi) is 165. The van der Waals surface area contributed by atoms with E-state index in [1.807, 2.05) is 0 Å². The molecule has 0 amide bonds. The smallest absolute Gasteiger partial charge is 0.169 e. The maximum Gasteiger partial charge on any atom is 0.169 e. The molecule has 0 saturated heterocycles. The molecule has 0 aromatic heterocycles. The molecule has 0 N–H and O–H groups in total. The van der Waals surface area contributed by atoms with Gasteiger partial charge in [0, 0.05) is 124 Å². The predicted octanol–water partition coefficient (Wildman–Crippen LogP) is 0.505. The van der Waals surface area contributed by atoms with E-state index in [2.05, 4.69) is 5.70 Å². The first-order chi connectivity index (χ1) is 1.00. The van der Waals surface area contributed by atoms with Crippen molar-refractivity contribution in [3.63, 3.8) is 0 Å². The second kappa shape index (κ2) is 32.4. The number of hydrogen-bond donors (Lipinski definition) is 0. The largest absolute Gasteiger partial charge is 0.169 e. The quantitative estimate of drug-likeness (QED) is 0.246. The van der Waals surface area contributed by atoms with Crippen molar-refractivity contribution in [2.45, 2.75) is 0 Å². The van der Waals surface area contributed by atoms with Gasteiger partial charge < -0.3 is 0 Å². The van der Waals surface area contributed by atoms with E-state index in [9.17, 15) is 0 Å². The molecule has 0 saturated carbocycles. The van der Waals surface area contributed by atoms with E-state index in [-0.39, 0.29) is 124 Å². The monoisotopic (exact) mass is 1090 g/mol. The summed E-state index contributed by atoms with van der Waals surface area (Å²) in [6.45, 7) is 0. The van der Waals surface area contributed by atoms with Crippen LogP contribution in [0.25, 0.3) is 0 Å². The van der Waals surface area contributed by atoms with Crippen LogP contribution < -0.4 is 0 Å². The molecule has 26 valence electrons. The van der Waals surface area contributed by atoms with E-state index < -0.39 is 0 Å². The van der Waals surface area contributed by atoms with Gasteiger partial charge in [0.25, 0.3) is 0 Å². The Morgan fingerprint density at radius 2 is 0.667 bits per heavy atom. The Bertz CT molecular complexity index is 7.51. The second-order valence-electron chi connectivity index (χ2n) is 0. The first kappa shape index (κ1) is 30.6. The van der Waals surface area contributed by atoms with Crippen molar-refractivity contribution in [3.05, 3.63) is 0 Å². The first-order valence-corrected chi connectivity index (χ1v) is 1.46. The molecule has 0 aliphatic carbocycles. The van der Waals surface area contributed by atoms with Gasteiger partial charge in [-0.05, 0) is 0 Å². The molecular formula is BIU4. The molecule has 0 atom stereocenters. The third kappa shape index (κ3) is 23.0. The molecule has 0 bridgehead atoms. The van der Waals surface area contributed by atoms with Crippen LogP contribution in [0.5, 0.6) is 0 Å². The van der Waals surface area contributed by atoms with E-state index in [4.69, 9.17) is 0 Å². The Labute approximate surface area is 148 Å². The average molecular weight is 1090 g/mol. The molecule has 0 heterocycles. The zero-order valence-corrected chi connectivity index (χ0v) is 21.8. The van der Waals surface area contributed by atoms with Gasteiger partial charge in [-0.3, -0.25) is 0 Å². The molecule has 0 spiro atoms. The van der Waals surface area contributed by atoms with Crippen LogP contribution in [-0.2, 0) is 0 Å². The van der Waals surface area contributed by atoms with Gasteiger partial charge in [-0.25, -0.2) is 0 Å². The van der Waals surface area contributed by atoms with Crippen molar-refractivity contribution in [2.24, 2.45) is 0 Å².